The van der Waals surface area contributed by atoms with Crippen LogP contribution in [0.2, 0.25) is 0 Å². The summed E-state index contributed by atoms with van der Waals surface area (Å²) in [6, 6.07) is 4.69. The number of aromatic hydroxyl groups is 1. The Kier molecular flexibility index (Phi) is 4.65. The molecule has 0 spiro atoms. The summed E-state index contributed by atoms with van der Waals surface area (Å²) in [6.07, 6.45) is -0.220. The molecule has 0 bridgehead atoms. The van der Waals surface area contributed by atoms with Gasteiger partial charge in [-0.15, -0.1) is 0 Å². The van der Waals surface area contributed by atoms with Crippen molar-refractivity contribution in [2.45, 2.75) is 13.3 Å². The highest BCUT2D eigenvalue weighted by atomic mass is 19.2. The minimum absolute atomic E-state index is 0.0800. The quantitative estimate of drug-likeness (QED) is 0.710. The molecular formula is C19H14F3NO4. The maximum Gasteiger partial charge on any atom is 0.310 e. The van der Waals surface area contributed by atoms with E-state index in [0.29, 0.717) is 5.56 Å². The lowest BCUT2D eigenvalue weighted by Crippen LogP contribution is -2.15. The van der Waals surface area contributed by atoms with E-state index >= 15 is 0 Å². The van der Waals surface area contributed by atoms with Crippen molar-refractivity contribution in [3.63, 3.8) is 0 Å². The third kappa shape index (κ3) is 3.14. The Balaban J connectivity index is 2.26. The molecular weight excluding hydrogens is 363 g/mol. The minimum atomic E-state index is -1.20. The molecule has 1 heterocycles. The first-order valence-electron chi connectivity index (χ1n) is 7.83. The van der Waals surface area contributed by atoms with E-state index in [2.05, 4.69) is 4.74 Å². The fourth-order valence-corrected chi connectivity index (χ4v) is 2.95. The number of benzene rings is 2. The number of carbonyl (C=O) groups excluding carboxylic acids is 2. The Morgan fingerprint density at radius 3 is 2.41 bits per heavy atom. The number of hydrogen-bond donors (Lipinski definition) is 1. The van der Waals surface area contributed by atoms with Crippen LogP contribution in [0.15, 0.2) is 30.3 Å². The molecule has 3 rings (SSSR count). The van der Waals surface area contributed by atoms with Gasteiger partial charge in [-0.05, 0) is 36.8 Å². The molecule has 0 amide bonds. The zero-order valence-corrected chi connectivity index (χ0v) is 14.3. The van der Waals surface area contributed by atoms with Crippen molar-refractivity contribution in [1.82, 2.24) is 4.57 Å². The summed E-state index contributed by atoms with van der Waals surface area (Å²) in [6.45, 7) is 1.52. The van der Waals surface area contributed by atoms with Gasteiger partial charge < -0.3 is 9.84 Å². The molecule has 0 saturated heterocycles. The van der Waals surface area contributed by atoms with E-state index in [0.717, 1.165) is 34.9 Å². The van der Waals surface area contributed by atoms with Crippen molar-refractivity contribution in [1.29, 1.82) is 0 Å². The van der Waals surface area contributed by atoms with Crippen LogP contribution in [-0.4, -0.2) is 28.7 Å². The minimum Gasteiger partial charge on any atom is -0.505 e. The van der Waals surface area contributed by atoms with Crippen molar-refractivity contribution < 1.29 is 32.6 Å². The smallest absolute Gasteiger partial charge is 0.310 e. The first kappa shape index (κ1) is 18.5. The second-order valence-corrected chi connectivity index (χ2v) is 5.91. The molecule has 0 aliphatic carbocycles. The molecule has 0 fully saturated rings. The molecule has 5 nitrogen and oxygen atoms in total. The van der Waals surface area contributed by atoms with Gasteiger partial charge in [-0.25, -0.2) is 13.2 Å². The number of nitrogens with zero attached hydrogens (tertiary/aromatic N) is 1. The second-order valence-electron chi connectivity index (χ2n) is 5.91. The summed E-state index contributed by atoms with van der Waals surface area (Å²) in [4.78, 5) is 24.6. The van der Waals surface area contributed by atoms with Crippen molar-refractivity contribution >= 4 is 22.8 Å². The summed E-state index contributed by atoms with van der Waals surface area (Å²) >= 11 is 0. The van der Waals surface area contributed by atoms with Gasteiger partial charge in [-0.3, -0.25) is 14.2 Å². The van der Waals surface area contributed by atoms with Gasteiger partial charge >= 0.3 is 5.97 Å². The third-order valence-corrected chi connectivity index (χ3v) is 4.32. The highest BCUT2D eigenvalue weighted by molar-refractivity contribution is 6.05. The molecule has 140 valence electrons. The van der Waals surface area contributed by atoms with E-state index in [1.54, 1.807) is 0 Å². The Labute approximate surface area is 151 Å². The van der Waals surface area contributed by atoms with Crippen LogP contribution < -0.4 is 0 Å². The SMILES string of the molecule is COC(=O)Cc1c(C)n(C(=O)c2ccc(F)c(F)c2)c2cc(F)c(O)cc12. The number of fused-ring (bicyclic) bond motifs is 1. The monoisotopic (exact) mass is 377 g/mol. The van der Waals surface area contributed by atoms with E-state index in [1.807, 2.05) is 0 Å². The predicted molar refractivity (Wildman–Crippen MR) is 90.1 cm³/mol. The molecule has 8 heteroatoms. The normalized spacial score (nSPS) is 11.0. The summed E-state index contributed by atoms with van der Waals surface area (Å²) in [5.41, 5.74) is 0.557. The standard InChI is InChI=1S/C19H14F3NO4/c1-9-11(7-18(25)27-2)12-6-17(24)15(22)8-16(12)23(9)19(26)10-3-4-13(20)14(21)5-10/h3-6,8,24H,7H2,1-2H3. The number of rotatable bonds is 3. The Hall–Kier alpha value is -3.29. The Bertz CT molecular complexity index is 1090. The molecule has 27 heavy (non-hydrogen) atoms. The van der Waals surface area contributed by atoms with Gasteiger partial charge in [0.05, 0.1) is 19.0 Å². The number of esters is 1. The van der Waals surface area contributed by atoms with Crippen LogP contribution >= 0.6 is 0 Å². The largest absolute Gasteiger partial charge is 0.505 e. The maximum absolute atomic E-state index is 13.9. The number of carbonyl (C=O) groups is 2. The zero-order valence-electron chi connectivity index (χ0n) is 14.3. The lowest BCUT2D eigenvalue weighted by Gasteiger charge is -2.08. The fourth-order valence-electron chi connectivity index (χ4n) is 2.95. The van der Waals surface area contributed by atoms with Crippen LogP contribution in [0, 0.1) is 24.4 Å². The van der Waals surface area contributed by atoms with Gasteiger partial charge in [0, 0.05) is 22.7 Å². The van der Waals surface area contributed by atoms with Crippen LogP contribution in [0.25, 0.3) is 10.9 Å². The summed E-state index contributed by atoms with van der Waals surface area (Å²) < 4.78 is 46.3. The van der Waals surface area contributed by atoms with Crippen molar-refractivity contribution in [2.24, 2.45) is 0 Å². The summed E-state index contributed by atoms with van der Waals surface area (Å²) in [5.74, 6) is -5.26. The highest BCUT2D eigenvalue weighted by Crippen LogP contribution is 2.32. The Morgan fingerprint density at radius 2 is 1.78 bits per heavy atom. The second kappa shape index (κ2) is 6.79. The van der Waals surface area contributed by atoms with Crippen LogP contribution in [-0.2, 0) is 16.0 Å². The number of phenols is 1. The van der Waals surface area contributed by atoms with E-state index in [9.17, 15) is 27.9 Å². The van der Waals surface area contributed by atoms with Gasteiger partial charge in [0.25, 0.3) is 5.91 Å². The third-order valence-electron chi connectivity index (χ3n) is 4.32. The van der Waals surface area contributed by atoms with Gasteiger partial charge in [0.2, 0.25) is 0 Å². The van der Waals surface area contributed by atoms with Crippen molar-refractivity contribution in [2.75, 3.05) is 7.11 Å². The van der Waals surface area contributed by atoms with Gasteiger partial charge in [0.1, 0.15) is 0 Å². The molecule has 0 atom stereocenters. The van der Waals surface area contributed by atoms with Gasteiger partial charge in [-0.1, -0.05) is 0 Å². The highest BCUT2D eigenvalue weighted by Gasteiger charge is 2.24. The molecule has 0 aliphatic rings. The fraction of sp³-hybridized carbons (Fsp3) is 0.158. The average molecular weight is 377 g/mol. The van der Waals surface area contributed by atoms with Crippen molar-refractivity contribution in [3.05, 3.63) is 64.6 Å². The topological polar surface area (TPSA) is 68.5 Å². The zero-order chi connectivity index (χ0) is 19.9. The maximum atomic E-state index is 13.9. The van der Waals surface area contributed by atoms with Gasteiger partial charge in [0.15, 0.2) is 23.2 Å². The first-order valence-corrected chi connectivity index (χ1v) is 7.83. The number of phenolic OH excluding ortho intramolecular Hbond substituents is 1. The number of halogens is 3. The number of methoxy groups -OCH3 is 1. The first-order chi connectivity index (χ1) is 12.7. The molecule has 0 saturated carbocycles. The van der Waals surface area contributed by atoms with E-state index in [-0.39, 0.29) is 28.6 Å². The number of hydrogen-bond acceptors (Lipinski definition) is 4. The molecule has 1 N–H and O–H groups in total. The van der Waals surface area contributed by atoms with Crippen LogP contribution in [0.5, 0.6) is 5.75 Å². The number of ether oxygens (including phenoxy) is 1. The van der Waals surface area contributed by atoms with E-state index in [4.69, 9.17) is 0 Å². The molecule has 2 aromatic carbocycles. The van der Waals surface area contributed by atoms with Crippen LogP contribution in [0.4, 0.5) is 13.2 Å². The lowest BCUT2D eigenvalue weighted by atomic mass is 10.1. The summed E-state index contributed by atoms with van der Waals surface area (Å²) in [7, 11) is 1.19. The summed E-state index contributed by atoms with van der Waals surface area (Å²) in [5, 5.41) is 9.95. The molecule has 1 aromatic heterocycles. The predicted octanol–water partition coefficient (Wildman–Crippen LogP) is 3.48. The molecule has 3 aromatic rings. The lowest BCUT2D eigenvalue weighted by molar-refractivity contribution is -0.139. The molecule has 0 radical (unpaired) electrons. The van der Waals surface area contributed by atoms with Crippen LogP contribution in [0.1, 0.15) is 21.6 Å². The van der Waals surface area contributed by atoms with Gasteiger partial charge in [-0.2, -0.15) is 0 Å². The average Bonchev–Trinajstić information content (AvgIpc) is 2.88. The van der Waals surface area contributed by atoms with Crippen LogP contribution in [0.3, 0.4) is 0 Å². The van der Waals surface area contributed by atoms with E-state index in [1.165, 1.54) is 14.0 Å². The molecule has 0 aliphatic heterocycles. The Morgan fingerprint density at radius 1 is 1.07 bits per heavy atom. The molecule has 0 unspecified atom stereocenters. The van der Waals surface area contributed by atoms with E-state index < -0.39 is 35.1 Å². The number of aromatic nitrogens is 1. The van der Waals surface area contributed by atoms with Crippen molar-refractivity contribution in [3.8, 4) is 5.75 Å².